The van der Waals surface area contributed by atoms with Crippen LogP contribution in [-0.4, -0.2) is 36.5 Å². The predicted octanol–water partition coefficient (Wildman–Crippen LogP) is 0.513. The molecule has 9 nitrogen and oxygen atoms in total. The zero-order chi connectivity index (χ0) is 17.4. The van der Waals surface area contributed by atoms with Crippen LogP contribution in [0.5, 0.6) is 0 Å². The smallest absolute Gasteiger partial charge is 0.215 e. The molecule has 2 amide bonds. The maximum Gasteiger partial charge on any atom is 0.215 e. The fourth-order valence-electron chi connectivity index (χ4n) is 2.50. The number of imidazole rings is 1. The number of carbonyl (C=O) groups is 2. The molecule has 0 bridgehead atoms. The Hall–Kier alpha value is 4.30. The molecule has 0 fully saturated rings. The summed E-state index contributed by atoms with van der Waals surface area (Å²) in [5.41, 5.74) is 2.95. The Labute approximate surface area is 357 Å². The van der Waals surface area contributed by atoms with E-state index in [9.17, 15) is 9.59 Å². The summed E-state index contributed by atoms with van der Waals surface area (Å²) in [5.74, 6) is -0.799. The molecule has 3 heterocycles. The Bertz CT molecular complexity index is 965. The molecule has 3 rings (SSSR count). The molecular formula is C15H14N7O2V7Y3-3. The molecule has 19 heteroatoms. The summed E-state index contributed by atoms with van der Waals surface area (Å²) < 4.78 is 1.20. The van der Waals surface area contributed by atoms with Crippen molar-refractivity contribution in [3.05, 3.63) is 23.8 Å². The SMILES string of the molecule is CCc1c(C)n[c-]c2nc(-n3n[c-]nc3N(C(C)=O)C(C)=O)[n-]c12.[V].[V].[V].[V].[V].[V].[V].[Y].[Y].[Y]. The number of amides is 2. The topological polar surface area (TPSA) is 108 Å². The molecule has 10 radical (unpaired) electrons. The van der Waals surface area contributed by atoms with Crippen LogP contribution in [0, 0.1) is 19.4 Å². The van der Waals surface area contributed by atoms with E-state index in [4.69, 9.17) is 0 Å². The third-order valence-electron chi connectivity index (χ3n) is 3.56. The minimum atomic E-state index is -0.486. The average Bonchev–Trinajstić information content (AvgIpc) is 3.12. The number of fused-ring (bicyclic) bond motifs is 1. The molecule has 0 aliphatic heterocycles. The quantitative estimate of drug-likeness (QED) is 0.353. The molecule has 0 N–H and O–H groups in total. The maximum atomic E-state index is 11.7. The summed E-state index contributed by atoms with van der Waals surface area (Å²) in [4.78, 5) is 41.2. The minimum absolute atomic E-state index is 0. The number of rotatable bonds is 3. The molecule has 0 aliphatic rings. The first-order valence-corrected chi connectivity index (χ1v) is 7.30. The van der Waals surface area contributed by atoms with Crippen LogP contribution < -0.4 is 9.88 Å². The van der Waals surface area contributed by atoms with Crippen LogP contribution in [-0.2, 0) is 244 Å². The second-order valence-corrected chi connectivity index (χ2v) is 5.16. The van der Waals surface area contributed by atoms with E-state index in [1.165, 1.54) is 18.5 Å². The number of carbonyl (C=O) groups excluding carboxylic acids is 2. The summed E-state index contributed by atoms with van der Waals surface area (Å²) in [5, 5.41) is 3.92. The monoisotopic (exact) mass is 947 g/mol. The fourth-order valence-corrected chi connectivity index (χ4v) is 2.50. The molecule has 0 saturated heterocycles. The second kappa shape index (κ2) is 27.5. The first kappa shape index (κ1) is 58.0. The summed E-state index contributed by atoms with van der Waals surface area (Å²) >= 11 is 0. The number of anilines is 1. The van der Waals surface area contributed by atoms with Gasteiger partial charge in [0.05, 0.1) is 0 Å². The van der Waals surface area contributed by atoms with Crippen molar-refractivity contribution in [2.75, 3.05) is 4.90 Å². The standard InChI is InChI=1S/C15H14N7O2.7V.3Y/c1-5-11-8(2)16-6-12-13(11)20-14(19-12)22-15(17-7-18-22)21(9(3)23)10(4)24;;;;;;;;;;/h5H2,1-4H3;;;;;;;;;;/q-3;;;;;;;;;;. The van der Waals surface area contributed by atoms with E-state index in [0.717, 1.165) is 22.6 Å². The zero-order valence-corrected chi connectivity index (χ0v) is 36.8. The van der Waals surface area contributed by atoms with E-state index < -0.39 is 11.8 Å². The van der Waals surface area contributed by atoms with Crippen LogP contribution in [0.15, 0.2) is 0 Å². The molecule has 0 aromatic carbocycles. The van der Waals surface area contributed by atoms with Gasteiger partial charge >= 0.3 is 0 Å². The Balaban J connectivity index is -0.000000113. The van der Waals surface area contributed by atoms with E-state index in [0.29, 0.717) is 11.0 Å². The van der Waals surface area contributed by atoms with Gasteiger partial charge in [-0.15, -0.1) is 11.1 Å². The molecule has 0 atom stereocenters. The van der Waals surface area contributed by atoms with Gasteiger partial charge in [-0.05, 0) is 6.33 Å². The van der Waals surface area contributed by atoms with Gasteiger partial charge in [0.25, 0.3) is 0 Å². The van der Waals surface area contributed by atoms with Crippen molar-refractivity contribution in [3.63, 3.8) is 0 Å². The molecule has 3 aromatic rings. The Morgan fingerprint density at radius 1 is 0.941 bits per heavy atom. The number of pyridine rings is 1. The van der Waals surface area contributed by atoms with Crippen LogP contribution >= 0.6 is 0 Å². The molecular weight excluding hydrogens is 934 g/mol. The van der Waals surface area contributed by atoms with Crippen LogP contribution in [0.25, 0.3) is 17.0 Å². The van der Waals surface area contributed by atoms with E-state index in [1.807, 2.05) is 13.8 Å². The minimum Gasteiger partial charge on any atom is -0.425 e. The van der Waals surface area contributed by atoms with E-state index in [-0.39, 0.29) is 240 Å². The van der Waals surface area contributed by atoms with E-state index >= 15 is 0 Å². The molecule has 0 unspecified atom stereocenters. The van der Waals surface area contributed by atoms with Gasteiger partial charge in [0.2, 0.25) is 11.8 Å². The largest absolute Gasteiger partial charge is 0.425 e. The number of imide groups is 1. The van der Waals surface area contributed by atoms with Crippen LogP contribution in [0.4, 0.5) is 5.95 Å². The van der Waals surface area contributed by atoms with Gasteiger partial charge in [0.1, 0.15) is 0 Å². The molecule has 0 saturated carbocycles. The predicted molar refractivity (Wildman–Crippen MR) is 83.4 cm³/mol. The number of hydrogen-bond acceptors (Lipinski definition) is 6. The third kappa shape index (κ3) is 13.8. The van der Waals surface area contributed by atoms with Gasteiger partial charge in [-0.3, -0.25) is 9.59 Å². The Morgan fingerprint density at radius 2 is 1.44 bits per heavy atom. The first-order chi connectivity index (χ1) is 11.4. The Kier molecular flexibility index (Phi) is 46.9. The summed E-state index contributed by atoms with van der Waals surface area (Å²) in [6.45, 7) is 6.41. The van der Waals surface area contributed by atoms with Crippen molar-refractivity contribution >= 4 is 28.8 Å². The van der Waals surface area contributed by atoms with Crippen LogP contribution in [0.1, 0.15) is 32.0 Å². The number of aryl methyl sites for hydroxylation is 2. The molecule has 3 aromatic heterocycles. The van der Waals surface area contributed by atoms with Crippen molar-refractivity contribution in [3.8, 4) is 5.95 Å². The average molecular weight is 948 g/mol. The van der Waals surface area contributed by atoms with Gasteiger partial charge in [-0.2, -0.15) is 0 Å². The summed E-state index contributed by atoms with van der Waals surface area (Å²) in [7, 11) is 0. The first-order valence-electron chi connectivity index (χ1n) is 7.30. The molecule has 34 heavy (non-hydrogen) atoms. The number of nitrogens with zero attached hydrogens (tertiary/aromatic N) is 7. The zero-order valence-electron chi connectivity index (χ0n) is 18.5. The van der Waals surface area contributed by atoms with Crippen molar-refractivity contribution in [1.82, 2.24) is 29.7 Å². The number of aromatic nitrogens is 6. The van der Waals surface area contributed by atoms with Gasteiger partial charge in [0.15, 0.2) is 0 Å². The molecule has 0 aliphatic carbocycles. The van der Waals surface area contributed by atoms with E-state index in [2.05, 4.69) is 37.6 Å². The van der Waals surface area contributed by atoms with E-state index in [1.54, 1.807) is 0 Å². The Morgan fingerprint density at radius 3 is 1.88 bits per heavy atom. The molecule has 0 spiro atoms. The summed E-state index contributed by atoms with van der Waals surface area (Å²) in [6, 6.07) is 0. The summed E-state index contributed by atoms with van der Waals surface area (Å²) in [6.07, 6.45) is 5.95. The van der Waals surface area contributed by atoms with Crippen molar-refractivity contribution in [2.45, 2.75) is 34.1 Å². The number of hydrogen-bond donors (Lipinski definition) is 0. The fraction of sp³-hybridized carbons (Fsp3) is 0.333. The van der Waals surface area contributed by atoms with Gasteiger partial charge < -0.3 is 34.6 Å². The maximum absolute atomic E-state index is 11.7. The van der Waals surface area contributed by atoms with Gasteiger partial charge in [-0.25, -0.2) is 0 Å². The van der Waals surface area contributed by atoms with Crippen molar-refractivity contribution in [2.24, 2.45) is 0 Å². The van der Waals surface area contributed by atoms with Gasteiger partial charge in [0, 0.05) is 254 Å². The van der Waals surface area contributed by atoms with Gasteiger partial charge in [-0.1, -0.05) is 37.7 Å². The van der Waals surface area contributed by atoms with Crippen LogP contribution in [0.3, 0.4) is 0 Å². The normalized spacial score (nSPS) is 7.76. The second-order valence-electron chi connectivity index (χ2n) is 5.16. The van der Waals surface area contributed by atoms with Crippen LogP contribution in [0.2, 0.25) is 0 Å². The van der Waals surface area contributed by atoms with Crippen molar-refractivity contribution in [1.29, 1.82) is 0 Å². The molecule has 168 valence electrons. The third-order valence-corrected chi connectivity index (χ3v) is 3.56. The van der Waals surface area contributed by atoms with Crippen molar-refractivity contribution < 1.29 is 238 Å².